The molecule has 1 saturated heterocycles. The number of hydrogen-bond donors (Lipinski definition) is 1. The Morgan fingerprint density at radius 2 is 2.10 bits per heavy atom. The third-order valence-corrected chi connectivity index (χ3v) is 4.20. The zero-order valence-electron chi connectivity index (χ0n) is 12.8. The van der Waals surface area contributed by atoms with E-state index in [1.807, 2.05) is 7.05 Å². The van der Waals surface area contributed by atoms with Crippen molar-refractivity contribution in [3.63, 3.8) is 0 Å². The lowest BCUT2D eigenvalue weighted by Gasteiger charge is -2.26. The first-order valence-corrected chi connectivity index (χ1v) is 7.25. The van der Waals surface area contributed by atoms with Crippen LogP contribution >= 0.6 is 0 Å². The van der Waals surface area contributed by atoms with Gasteiger partial charge in [0.2, 0.25) is 0 Å². The molecule has 0 saturated carbocycles. The number of likely N-dealkylation sites (N-methyl/N-ethyl adjacent to an activating group) is 1. The lowest BCUT2D eigenvalue weighted by atomic mass is 10.2. The molecule has 6 nitrogen and oxygen atoms in total. The van der Waals surface area contributed by atoms with E-state index in [1.54, 1.807) is 11.6 Å². The van der Waals surface area contributed by atoms with Gasteiger partial charge in [0.15, 0.2) is 0 Å². The number of rotatable bonds is 5. The van der Waals surface area contributed by atoms with Crippen molar-refractivity contribution in [3.8, 4) is 0 Å². The van der Waals surface area contributed by atoms with Gasteiger partial charge in [-0.2, -0.15) is 5.10 Å². The molecular formula is C14H24N4O2. The molecule has 1 N–H and O–H groups in total. The summed E-state index contributed by atoms with van der Waals surface area (Å²) in [4.78, 5) is 16.0. The van der Waals surface area contributed by atoms with Crippen LogP contribution in [0, 0.1) is 6.92 Å². The predicted octanol–water partition coefficient (Wildman–Crippen LogP) is 1.35. The normalized spacial score (nSPS) is 19.1. The van der Waals surface area contributed by atoms with Gasteiger partial charge >= 0.3 is 5.97 Å². The molecule has 1 atom stereocenters. The van der Waals surface area contributed by atoms with Gasteiger partial charge in [-0.05, 0) is 26.4 Å². The van der Waals surface area contributed by atoms with Crippen LogP contribution < -0.4 is 4.90 Å². The smallest absolute Gasteiger partial charge is 0.341 e. The van der Waals surface area contributed by atoms with Crippen molar-refractivity contribution in [2.24, 2.45) is 7.05 Å². The Morgan fingerprint density at radius 3 is 2.65 bits per heavy atom. The summed E-state index contributed by atoms with van der Waals surface area (Å²) < 4.78 is 1.70. The zero-order valence-corrected chi connectivity index (χ0v) is 12.8. The van der Waals surface area contributed by atoms with Crippen molar-refractivity contribution >= 4 is 11.8 Å². The quantitative estimate of drug-likeness (QED) is 0.882. The van der Waals surface area contributed by atoms with Crippen molar-refractivity contribution in [1.29, 1.82) is 0 Å². The minimum Gasteiger partial charge on any atom is -0.477 e. The van der Waals surface area contributed by atoms with Crippen LogP contribution in [0.2, 0.25) is 0 Å². The number of carboxylic acids is 1. The van der Waals surface area contributed by atoms with E-state index in [4.69, 9.17) is 0 Å². The van der Waals surface area contributed by atoms with Crippen LogP contribution in [0.3, 0.4) is 0 Å². The summed E-state index contributed by atoms with van der Waals surface area (Å²) in [5, 5.41) is 13.7. The molecule has 1 fully saturated rings. The maximum Gasteiger partial charge on any atom is 0.341 e. The highest BCUT2D eigenvalue weighted by molar-refractivity contribution is 5.95. The summed E-state index contributed by atoms with van der Waals surface area (Å²) in [6, 6.07) is 0.502. The molecule has 0 bridgehead atoms. The lowest BCUT2D eigenvalue weighted by molar-refractivity contribution is 0.0696. The maximum absolute atomic E-state index is 11.4. The topological polar surface area (TPSA) is 61.6 Å². The second kappa shape index (κ2) is 5.83. The van der Waals surface area contributed by atoms with Crippen molar-refractivity contribution in [2.75, 3.05) is 31.1 Å². The molecule has 1 unspecified atom stereocenters. The van der Waals surface area contributed by atoms with Gasteiger partial charge in [0, 0.05) is 26.2 Å². The third-order valence-electron chi connectivity index (χ3n) is 4.20. The monoisotopic (exact) mass is 280 g/mol. The molecule has 0 aromatic carbocycles. The minimum atomic E-state index is -0.892. The van der Waals surface area contributed by atoms with E-state index in [-0.39, 0.29) is 0 Å². The van der Waals surface area contributed by atoms with Crippen molar-refractivity contribution in [1.82, 2.24) is 14.7 Å². The van der Waals surface area contributed by atoms with Gasteiger partial charge in [-0.25, -0.2) is 4.79 Å². The Morgan fingerprint density at radius 1 is 1.45 bits per heavy atom. The molecule has 20 heavy (non-hydrogen) atoms. The molecule has 0 radical (unpaired) electrons. The van der Waals surface area contributed by atoms with Gasteiger partial charge in [0.25, 0.3) is 0 Å². The second-order valence-electron chi connectivity index (χ2n) is 5.32. The van der Waals surface area contributed by atoms with E-state index in [2.05, 4.69) is 28.7 Å². The van der Waals surface area contributed by atoms with Crippen LogP contribution in [0.1, 0.15) is 36.3 Å². The zero-order chi connectivity index (χ0) is 14.9. The number of aryl methyl sites for hydroxylation is 2. The van der Waals surface area contributed by atoms with Crippen LogP contribution in [0.15, 0.2) is 0 Å². The fourth-order valence-electron chi connectivity index (χ4n) is 3.23. The molecule has 6 heteroatoms. The number of carboxylic acid groups (broad SMARTS) is 1. The summed E-state index contributed by atoms with van der Waals surface area (Å²) in [7, 11) is 1.82. The van der Waals surface area contributed by atoms with Gasteiger partial charge in [0.05, 0.1) is 5.69 Å². The molecule has 1 aliphatic rings. The fraction of sp³-hybridized carbons (Fsp3) is 0.714. The molecule has 0 aliphatic carbocycles. The second-order valence-corrected chi connectivity index (χ2v) is 5.32. The molecule has 112 valence electrons. The Bertz CT molecular complexity index is 494. The van der Waals surface area contributed by atoms with Crippen LogP contribution in [0.25, 0.3) is 0 Å². The molecule has 0 spiro atoms. The first-order valence-electron chi connectivity index (χ1n) is 7.25. The average Bonchev–Trinajstić information content (AvgIpc) is 2.95. The Labute approximate surface area is 120 Å². The summed E-state index contributed by atoms with van der Waals surface area (Å²) >= 11 is 0. The van der Waals surface area contributed by atoms with E-state index < -0.39 is 5.97 Å². The fourth-order valence-corrected chi connectivity index (χ4v) is 3.23. The van der Waals surface area contributed by atoms with Gasteiger partial charge in [0.1, 0.15) is 11.4 Å². The summed E-state index contributed by atoms with van der Waals surface area (Å²) in [5.74, 6) is -0.151. The molecular weight excluding hydrogens is 256 g/mol. The van der Waals surface area contributed by atoms with Crippen molar-refractivity contribution in [2.45, 2.75) is 33.2 Å². The Hall–Kier alpha value is -1.56. The van der Waals surface area contributed by atoms with E-state index in [1.165, 1.54) is 0 Å². The lowest BCUT2D eigenvalue weighted by Crippen LogP contribution is -2.37. The third kappa shape index (κ3) is 2.52. The number of nitrogens with zero attached hydrogens (tertiary/aromatic N) is 4. The number of aromatic carboxylic acids is 1. The highest BCUT2D eigenvalue weighted by Crippen LogP contribution is 2.28. The number of carbonyl (C=O) groups is 1. The highest BCUT2D eigenvalue weighted by Gasteiger charge is 2.31. The highest BCUT2D eigenvalue weighted by atomic mass is 16.4. The standard InChI is InChI=1S/C14H24N4O2/c1-5-17(6-2)11-7-8-18(9-11)13-12(14(19)20)10(3)15-16(13)4/h11H,5-9H2,1-4H3,(H,19,20). The van der Waals surface area contributed by atoms with Crippen molar-refractivity contribution < 1.29 is 9.90 Å². The number of hydrogen-bond acceptors (Lipinski definition) is 4. The molecule has 2 rings (SSSR count). The molecule has 1 aromatic heterocycles. The SMILES string of the molecule is CCN(CC)C1CCN(c2c(C(=O)O)c(C)nn2C)C1. The molecule has 0 amide bonds. The average molecular weight is 280 g/mol. The van der Waals surface area contributed by atoms with Gasteiger partial charge < -0.3 is 10.0 Å². The van der Waals surface area contributed by atoms with E-state index in [0.29, 0.717) is 17.3 Å². The van der Waals surface area contributed by atoms with Gasteiger partial charge in [-0.3, -0.25) is 9.58 Å². The van der Waals surface area contributed by atoms with Crippen LogP contribution in [-0.4, -0.2) is 58.0 Å². The first kappa shape index (κ1) is 14.8. The Kier molecular flexibility index (Phi) is 4.32. The van der Waals surface area contributed by atoms with Gasteiger partial charge in [-0.15, -0.1) is 0 Å². The molecule has 2 heterocycles. The largest absolute Gasteiger partial charge is 0.477 e. The van der Waals surface area contributed by atoms with Crippen LogP contribution in [0.5, 0.6) is 0 Å². The first-order chi connectivity index (χ1) is 9.49. The summed E-state index contributed by atoms with van der Waals surface area (Å²) in [6.07, 6.45) is 1.07. The van der Waals surface area contributed by atoms with Crippen molar-refractivity contribution in [3.05, 3.63) is 11.3 Å². The maximum atomic E-state index is 11.4. The van der Waals surface area contributed by atoms with E-state index in [0.717, 1.165) is 38.4 Å². The number of anilines is 1. The predicted molar refractivity (Wildman–Crippen MR) is 78.4 cm³/mol. The minimum absolute atomic E-state index is 0.340. The van der Waals surface area contributed by atoms with Gasteiger partial charge in [-0.1, -0.05) is 13.8 Å². The van der Waals surface area contributed by atoms with Crippen LogP contribution in [0.4, 0.5) is 5.82 Å². The Balaban J connectivity index is 2.24. The van der Waals surface area contributed by atoms with E-state index >= 15 is 0 Å². The molecule has 1 aromatic rings. The van der Waals surface area contributed by atoms with Crippen LogP contribution in [-0.2, 0) is 7.05 Å². The molecule has 1 aliphatic heterocycles. The summed E-state index contributed by atoms with van der Waals surface area (Å²) in [5.41, 5.74) is 0.925. The summed E-state index contributed by atoms with van der Waals surface area (Å²) in [6.45, 7) is 9.93. The number of aromatic nitrogens is 2. The van der Waals surface area contributed by atoms with E-state index in [9.17, 15) is 9.90 Å².